The molecule has 2 unspecified atom stereocenters. The molecule has 0 aromatic rings. The van der Waals surface area contributed by atoms with E-state index in [0.29, 0.717) is 25.6 Å². The van der Waals surface area contributed by atoms with Crippen molar-refractivity contribution in [2.24, 2.45) is 0 Å². The van der Waals surface area contributed by atoms with Crippen LogP contribution in [0.3, 0.4) is 0 Å². The maximum atomic E-state index is 5.33. The van der Waals surface area contributed by atoms with Gasteiger partial charge in [0.05, 0.1) is 25.4 Å². The Morgan fingerprint density at radius 2 is 1.74 bits per heavy atom. The summed E-state index contributed by atoms with van der Waals surface area (Å²) < 4.78 is 20.6. The Bertz CT molecular complexity index is 370. The van der Waals surface area contributed by atoms with Crippen molar-refractivity contribution in [3.63, 3.8) is 0 Å². The molecule has 0 radical (unpaired) electrons. The molecular weight excluding hydrogens is 294 g/mol. The fourth-order valence-corrected chi connectivity index (χ4v) is 1.82. The molecule has 5 nitrogen and oxygen atoms in total. The maximum Gasteiger partial charge on any atom is 0.189 e. The van der Waals surface area contributed by atoms with Crippen molar-refractivity contribution < 1.29 is 18.9 Å². The van der Waals surface area contributed by atoms with Crippen molar-refractivity contribution in [1.29, 1.82) is 0 Å². The molecule has 0 amide bonds. The quantitative estimate of drug-likeness (QED) is 0.203. The van der Waals surface area contributed by atoms with E-state index in [1.807, 2.05) is 51.2 Å². The van der Waals surface area contributed by atoms with Crippen LogP contribution < -0.4 is 0 Å². The molecule has 132 valence electrons. The van der Waals surface area contributed by atoms with Crippen LogP contribution in [-0.2, 0) is 18.9 Å². The van der Waals surface area contributed by atoms with Crippen LogP contribution >= 0.6 is 0 Å². The Hall–Kier alpha value is -1.14. The summed E-state index contributed by atoms with van der Waals surface area (Å²) >= 11 is 0. The van der Waals surface area contributed by atoms with E-state index < -0.39 is 0 Å². The second-order valence-corrected chi connectivity index (χ2v) is 5.48. The largest absolute Gasteiger partial charge is 0.468 e. The van der Waals surface area contributed by atoms with E-state index in [1.165, 1.54) is 0 Å². The van der Waals surface area contributed by atoms with Gasteiger partial charge in [-0.2, -0.15) is 0 Å². The van der Waals surface area contributed by atoms with Crippen molar-refractivity contribution in [3.05, 3.63) is 36.1 Å². The van der Waals surface area contributed by atoms with E-state index in [1.54, 1.807) is 0 Å². The summed E-state index contributed by atoms with van der Waals surface area (Å²) in [5.74, 6) is 0.814. The third kappa shape index (κ3) is 12.0. The third-order valence-corrected chi connectivity index (χ3v) is 3.13. The minimum Gasteiger partial charge on any atom is -0.468 e. The first-order chi connectivity index (χ1) is 11.2. The number of nitrogens with zero attached hydrogens (tertiary/aromatic N) is 1. The smallest absolute Gasteiger partial charge is 0.189 e. The summed E-state index contributed by atoms with van der Waals surface area (Å²) in [7, 11) is 2.11. The van der Waals surface area contributed by atoms with Crippen LogP contribution in [0.1, 0.15) is 20.8 Å². The Kier molecular flexibility index (Phi) is 10.6. The minimum absolute atomic E-state index is 0.310. The van der Waals surface area contributed by atoms with Crippen LogP contribution in [0.15, 0.2) is 36.1 Å². The van der Waals surface area contributed by atoms with E-state index in [0.717, 1.165) is 32.1 Å². The van der Waals surface area contributed by atoms with Gasteiger partial charge in [-0.3, -0.25) is 0 Å². The first-order valence-corrected chi connectivity index (χ1v) is 8.27. The zero-order valence-electron chi connectivity index (χ0n) is 14.9. The van der Waals surface area contributed by atoms with Crippen molar-refractivity contribution >= 4 is 0 Å². The van der Waals surface area contributed by atoms with Gasteiger partial charge in [-0.15, -0.1) is 0 Å². The molecule has 5 heteroatoms. The van der Waals surface area contributed by atoms with Crippen molar-refractivity contribution in [2.75, 3.05) is 46.8 Å². The monoisotopic (exact) mass is 325 g/mol. The minimum atomic E-state index is 0.310. The van der Waals surface area contributed by atoms with E-state index in [2.05, 4.69) is 11.9 Å². The van der Waals surface area contributed by atoms with Gasteiger partial charge in [0.25, 0.3) is 0 Å². The molecule has 2 saturated heterocycles. The van der Waals surface area contributed by atoms with Gasteiger partial charge in [-0.25, -0.2) is 0 Å². The predicted molar refractivity (Wildman–Crippen MR) is 92.3 cm³/mol. The SMILES string of the molecule is CN(CC1CO1)CC1CO1.C\C=C/C=C(\C=C/C)OCOCC. The average Bonchev–Trinajstić information content (AvgIpc) is 3.43. The lowest BCUT2D eigenvalue weighted by atomic mass is 10.4. The Labute approximate surface area is 140 Å². The number of hydrogen-bond acceptors (Lipinski definition) is 5. The van der Waals surface area contributed by atoms with E-state index in [4.69, 9.17) is 18.9 Å². The number of ether oxygens (including phenoxy) is 4. The summed E-state index contributed by atoms with van der Waals surface area (Å²) in [5.41, 5.74) is 0. The van der Waals surface area contributed by atoms with Crippen LogP contribution in [0.4, 0.5) is 0 Å². The summed E-state index contributed by atoms with van der Waals surface area (Å²) in [6.45, 7) is 10.9. The Balaban J connectivity index is 0.000000235. The number of epoxide rings is 2. The Morgan fingerprint density at radius 1 is 1.13 bits per heavy atom. The first kappa shape index (κ1) is 19.9. The lowest BCUT2D eigenvalue weighted by Gasteiger charge is -2.12. The number of likely N-dealkylation sites (N-methyl/N-ethyl adjacent to an activating group) is 1. The predicted octanol–water partition coefficient (Wildman–Crippen LogP) is 2.75. The van der Waals surface area contributed by atoms with Crippen LogP contribution in [0.2, 0.25) is 0 Å². The lowest BCUT2D eigenvalue weighted by molar-refractivity contribution is -0.0136. The number of rotatable bonds is 10. The standard InChI is InChI=1S/C11H18O2.C7H13NO2/c1-4-7-9-11(8-5-2)13-10-12-6-3;1-8(2-6-4-9-6)3-7-5-10-7/h4-5,7-9H,6,10H2,1-3H3;6-7H,2-5H2,1H3/b7-4-,8-5-,11-9+;. The second-order valence-electron chi connectivity index (χ2n) is 5.48. The molecule has 0 aromatic carbocycles. The van der Waals surface area contributed by atoms with Gasteiger partial charge < -0.3 is 23.8 Å². The molecule has 2 rings (SSSR count). The highest BCUT2D eigenvalue weighted by atomic mass is 16.7. The molecule has 0 aliphatic carbocycles. The van der Waals surface area contributed by atoms with E-state index in [9.17, 15) is 0 Å². The number of hydrogen-bond donors (Lipinski definition) is 0. The van der Waals surface area contributed by atoms with Gasteiger partial charge in [-0.1, -0.05) is 18.2 Å². The zero-order chi connectivity index (χ0) is 16.9. The molecule has 0 aromatic heterocycles. The highest BCUT2D eigenvalue weighted by Gasteiger charge is 2.28. The molecule has 0 N–H and O–H groups in total. The maximum absolute atomic E-state index is 5.33. The van der Waals surface area contributed by atoms with E-state index in [-0.39, 0.29) is 0 Å². The molecule has 0 bridgehead atoms. The summed E-state index contributed by atoms with van der Waals surface area (Å²) in [6, 6.07) is 0. The van der Waals surface area contributed by atoms with Crippen LogP contribution in [0, 0.1) is 0 Å². The van der Waals surface area contributed by atoms with Gasteiger partial charge in [0.2, 0.25) is 0 Å². The molecule has 2 aliphatic heterocycles. The van der Waals surface area contributed by atoms with Gasteiger partial charge in [0.15, 0.2) is 6.79 Å². The van der Waals surface area contributed by atoms with Gasteiger partial charge in [0, 0.05) is 19.7 Å². The average molecular weight is 325 g/mol. The van der Waals surface area contributed by atoms with Crippen LogP contribution in [0.25, 0.3) is 0 Å². The fourth-order valence-electron chi connectivity index (χ4n) is 1.82. The van der Waals surface area contributed by atoms with Gasteiger partial charge in [0.1, 0.15) is 5.76 Å². The molecule has 23 heavy (non-hydrogen) atoms. The highest BCUT2D eigenvalue weighted by Crippen LogP contribution is 2.13. The Morgan fingerprint density at radius 3 is 2.17 bits per heavy atom. The fraction of sp³-hybridized carbons (Fsp3) is 0.667. The molecule has 2 fully saturated rings. The van der Waals surface area contributed by atoms with Crippen molar-refractivity contribution in [2.45, 2.75) is 33.0 Å². The number of allylic oxidation sites excluding steroid dienone is 5. The molecule has 2 heterocycles. The molecule has 0 saturated carbocycles. The summed E-state index contributed by atoms with van der Waals surface area (Å²) in [6.07, 6.45) is 10.7. The zero-order valence-corrected chi connectivity index (χ0v) is 14.9. The third-order valence-electron chi connectivity index (χ3n) is 3.13. The summed E-state index contributed by atoms with van der Waals surface area (Å²) in [5, 5.41) is 0. The van der Waals surface area contributed by atoms with Crippen LogP contribution in [-0.4, -0.2) is 63.9 Å². The summed E-state index contributed by atoms with van der Waals surface area (Å²) in [4.78, 5) is 2.27. The van der Waals surface area contributed by atoms with Gasteiger partial charge in [-0.05, 0) is 40.0 Å². The molecule has 2 atom stereocenters. The van der Waals surface area contributed by atoms with Crippen LogP contribution in [0.5, 0.6) is 0 Å². The molecular formula is C18H31NO4. The normalized spacial score (nSPS) is 23.3. The molecule has 2 aliphatic rings. The highest BCUT2D eigenvalue weighted by molar-refractivity contribution is 5.17. The molecule has 0 spiro atoms. The topological polar surface area (TPSA) is 46.8 Å². The van der Waals surface area contributed by atoms with Gasteiger partial charge >= 0.3 is 0 Å². The second kappa shape index (κ2) is 12.3. The van der Waals surface area contributed by atoms with Crippen molar-refractivity contribution in [1.82, 2.24) is 4.90 Å². The lowest BCUT2D eigenvalue weighted by Crippen LogP contribution is -2.27. The van der Waals surface area contributed by atoms with Crippen molar-refractivity contribution in [3.8, 4) is 0 Å². The first-order valence-electron chi connectivity index (χ1n) is 8.27. The van der Waals surface area contributed by atoms with E-state index >= 15 is 0 Å².